The normalized spacial score (nSPS) is 17.6. The third kappa shape index (κ3) is 4.29. The highest BCUT2D eigenvalue weighted by Crippen LogP contribution is 2.34. The van der Waals surface area contributed by atoms with Crippen molar-refractivity contribution in [1.29, 1.82) is 0 Å². The van der Waals surface area contributed by atoms with Crippen LogP contribution in [0.15, 0.2) is 24.3 Å². The van der Waals surface area contributed by atoms with Gasteiger partial charge in [-0.3, -0.25) is 9.69 Å². The van der Waals surface area contributed by atoms with Crippen molar-refractivity contribution < 1.29 is 9.90 Å². The SMILES string of the molecule is CCNC(=O)CCN(CCO)C1CCCc2ccccc21. The van der Waals surface area contributed by atoms with E-state index in [1.54, 1.807) is 0 Å². The first-order valence-electron chi connectivity index (χ1n) is 7.95. The molecule has 0 saturated carbocycles. The van der Waals surface area contributed by atoms with Crippen LogP contribution in [0.5, 0.6) is 0 Å². The molecule has 0 heterocycles. The molecule has 0 fully saturated rings. The summed E-state index contributed by atoms with van der Waals surface area (Å²) in [5.74, 6) is 0.0875. The lowest BCUT2D eigenvalue weighted by molar-refractivity contribution is -0.121. The maximum Gasteiger partial charge on any atom is 0.221 e. The van der Waals surface area contributed by atoms with Crippen LogP contribution in [0.3, 0.4) is 0 Å². The molecular weight excluding hydrogens is 264 g/mol. The molecule has 1 unspecified atom stereocenters. The molecule has 1 aliphatic carbocycles. The van der Waals surface area contributed by atoms with E-state index in [-0.39, 0.29) is 12.5 Å². The molecule has 116 valence electrons. The number of fused-ring (bicyclic) bond motifs is 1. The number of rotatable bonds is 7. The minimum atomic E-state index is 0.0875. The van der Waals surface area contributed by atoms with E-state index in [4.69, 9.17) is 0 Å². The Morgan fingerprint density at radius 2 is 2.19 bits per heavy atom. The summed E-state index contributed by atoms with van der Waals surface area (Å²) >= 11 is 0. The molecule has 1 aromatic rings. The molecule has 1 atom stereocenters. The van der Waals surface area contributed by atoms with E-state index in [2.05, 4.69) is 34.5 Å². The summed E-state index contributed by atoms with van der Waals surface area (Å²) in [6.45, 7) is 4.06. The Hall–Kier alpha value is -1.39. The number of nitrogens with one attached hydrogen (secondary N) is 1. The number of aliphatic hydroxyl groups excluding tert-OH is 1. The van der Waals surface area contributed by atoms with Crippen molar-refractivity contribution in [3.63, 3.8) is 0 Å². The van der Waals surface area contributed by atoms with Gasteiger partial charge in [-0.2, -0.15) is 0 Å². The van der Waals surface area contributed by atoms with Crippen LogP contribution >= 0.6 is 0 Å². The van der Waals surface area contributed by atoms with Gasteiger partial charge in [0.25, 0.3) is 0 Å². The van der Waals surface area contributed by atoms with Crippen LogP contribution in [-0.2, 0) is 11.2 Å². The maximum atomic E-state index is 11.7. The van der Waals surface area contributed by atoms with Gasteiger partial charge in [0, 0.05) is 32.1 Å². The molecule has 0 saturated heterocycles. The highest BCUT2D eigenvalue weighted by molar-refractivity contribution is 5.75. The lowest BCUT2D eigenvalue weighted by atomic mass is 9.86. The maximum absolute atomic E-state index is 11.7. The Morgan fingerprint density at radius 3 is 2.95 bits per heavy atom. The van der Waals surface area contributed by atoms with Crippen LogP contribution in [0.1, 0.15) is 43.4 Å². The fourth-order valence-corrected chi connectivity index (χ4v) is 3.19. The van der Waals surface area contributed by atoms with E-state index in [0.717, 1.165) is 12.8 Å². The molecule has 4 heteroatoms. The van der Waals surface area contributed by atoms with Gasteiger partial charge in [0.05, 0.1) is 6.61 Å². The Labute approximate surface area is 127 Å². The van der Waals surface area contributed by atoms with Gasteiger partial charge in [0.1, 0.15) is 0 Å². The molecule has 1 amide bonds. The summed E-state index contributed by atoms with van der Waals surface area (Å²) in [6.07, 6.45) is 3.90. The number of nitrogens with zero attached hydrogens (tertiary/aromatic N) is 1. The van der Waals surface area contributed by atoms with Crippen LogP contribution in [0.25, 0.3) is 0 Å². The summed E-state index contributed by atoms with van der Waals surface area (Å²) < 4.78 is 0. The minimum Gasteiger partial charge on any atom is -0.395 e. The second-order valence-electron chi connectivity index (χ2n) is 5.57. The zero-order valence-corrected chi connectivity index (χ0v) is 12.8. The van der Waals surface area contributed by atoms with Crippen molar-refractivity contribution in [1.82, 2.24) is 10.2 Å². The van der Waals surface area contributed by atoms with E-state index in [0.29, 0.717) is 32.1 Å². The number of carbonyl (C=O) groups excluding carboxylic acids is 1. The number of amides is 1. The van der Waals surface area contributed by atoms with Gasteiger partial charge < -0.3 is 10.4 Å². The van der Waals surface area contributed by atoms with Gasteiger partial charge in [-0.1, -0.05) is 24.3 Å². The second kappa shape index (κ2) is 8.15. The van der Waals surface area contributed by atoms with Crippen molar-refractivity contribution >= 4 is 5.91 Å². The summed E-state index contributed by atoms with van der Waals surface area (Å²) in [7, 11) is 0. The Balaban J connectivity index is 2.06. The molecule has 1 aliphatic rings. The Morgan fingerprint density at radius 1 is 1.38 bits per heavy atom. The Bertz CT molecular complexity index is 462. The van der Waals surface area contributed by atoms with Crippen molar-refractivity contribution in [2.24, 2.45) is 0 Å². The van der Waals surface area contributed by atoms with Crippen molar-refractivity contribution in [3.8, 4) is 0 Å². The van der Waals surface area contributed by atoms with Crippen molar-refractivity contribution in [2.75, 3.05) is 26.2 Å². The van der Waals surface area contributed by atoms with Crippen LogP contribution in [0.2, 0.25) is 0 Å². The van der Waals surface area contributed by atoms with Gasteiger partial charge >= 0.3 is 0 Å². The number of carbonyl (C=O) groups is 1. The quantitative estimate of drug-likeness (QED) is 0.806. The molecule has 21 heavy (non-hydrogen) atoms. The fraction of sp³-hybridized carbons (Fsp3) is 0.588. The van der Waals surface area contributed by atoms with Crippen LogP contribution in [-0.4, -0.2) is 42.2 Å². The van der Waals surface area contributed by atoms with Gasteiger partial charge in [0.2, 0.25) is 5.91 Å². The number of benzene rings is 1. The smallest absolute Gasteiger partial charge is 0.221 e. The van der Waals surface area contributed by atoms with E-state index in [1.807, 2.05) is 6.92 Å². The fourth-order valence-electron chi connectivity index (χ4n) is 3.19. The monoisotopic (exact) mass is 290 g/mol. The van der Waals surface area contributed by atoms with E-state index in [9.17, 15) is 9.90 Å². The second-order valence-corrected chi connectivity index (χ2v) is 5.57. The third-order valence-corrected chi connectivity index (χ3v) is 4.17. The summed E-state index contributed by atoms with van der Waals surface area (Å²) in [5, 5.41) is 12.2. The zero-order valence-electron chi connectivity index (χ0n) is 12.8. The first kappa shape index (κ1) is 16.0. The van der Waals surface area contributed by atoms with Crippen molar-refractivity contribution in [3.05, 3.63) is 35.4 Å². The highest BCUT2D eigenvalue weighted by atomic mass is 16.3. The first-order valence-corrected chi connectivity index (χ1v) is 7.95. The summed E-state index contributed by atoms with van der Waals surface area (Å²) in [5.41, 5.74) is 2.78. The zero-order chi connectivity index (χ0) is 15.1. The number of aryl methyl sites for hydroxylation is 1. The molecule has 0 aromatic heterocycles. The average Bonchev–Trinajstić information content (AvgIpc) is 2.51. The minimum absolute atomic E-state index is 0.0875. The highest BCUT2D eigenvalue weighted by Gasteiger charge is 2.25. The molecule has 0 spiro atoms. The number of hydrogen-bond acceptors (Lipinski definition) is 3. The average molecular weight is 290 g/mol. The number of aliphatic hydroxyl groups is 1. The van der Waals surface area contributed by atoms with Gasteiger partial charge in [-0.25, -0.2) is 0 Å². The molecule has 2 N–H and O–H groups in total. The molecule has 0 aliphatic heterocycles. The van der Waals surface area contributed by atoms with Crippen molar-refractivity contribution in [2.45, 2.75) is 38.6 Å². The lowest BCUT2D eigenvalue weighted by Gasteiger charge is -2.35. The van der Waals surface area contributed by atoms with Gasteiger partial charge in [0.15, 0.2) is 0 Å². The first-order chi connectivity index (χ1) is 10.3. The molecule has 4 nitrogen and oxygen atoms in total. The molecular formula is C17H26N2O2. The summed E-state index contributed by atoms with van der Waals surface area (Å²) in [6, 6.07) is 8.89. The lowest BCUT2D eigenvalue weighted by Crippen LogP contribution is -2.36. The van der Waals surface area contributed by atoms with Crippen LogP contribution < -0.4 is 5.32 Å². The number of hydrogen-bond donors (Lipinski definition) is 2. The van der Waals surface area contributed by atoms with Gasteiger partial charge in [-0.15, -0.1) is 0 Å². The van der Waals surface area contributed by atoms with E-state index < -0.39 is 0 Å². The van der Waals surface area contributed by atoms with E-state index >= 15 is 0 Å². The molecule has 0 radical (unpaired) electrons. The van der Waals surface area contributed by atoms with Crippen LogP contribution in [0, 0.1) is 0 Å². The predicted octanol–water partition coefficient (Wildman–Crippen LogP) is 1.88. The van der Waals surface area contributed by atoms with Crippen LogP contribution in [0.4, 0.5) is 0 Å². The topological polar surface area (TPSA) is 52.6 Å². The predicted molar refractivity (Wildman–Crippen MR) is 84.1 cm³/mol. The molecule has 1 aromatic carbocycles. The summed E-state index contributed by atoms with van der Waals surface area (Å²) in [4.78, 5) is 13.9. The largest absolute Gasteiger partial charge is 0.395 e. The standard InChI is InChI=1S/C17H26N2O2/c1-2-18-17(21)10-11-19(12-13-20)16-9-5-7-14-6-3-4-8-15(14)16/h3-4,6,8,16,20H,2,5,7,9-13H2,1H3,(H,18,21). The van der Waals surface area contributed by atoms with E-state index in [1.165, 1.54) is 17.5 Å². The third-order valence-electron chi connectivity index (χ3n) is 4.17. The molecule has 2 rings (SSSR count). The molecule has 0 bridgehead atoms. The Kier molecular flexibility index (Phi) is 6.21. The van der Waals surface area contributed by atoms with Gasteiger partial charge in [-0.05, 0) is 37.3 Å².